The monoisotopic (exact) mass is 283 g/mol. The first-order chi connectivity index (χ1) is 10.1. The molecular weight excluding hydrogens is 262 g/mol. The Kier molecular flexibility index (Phi) is 4.76. The molecule has 110 valence electrons. The van der Waals surface area contributed by atoms with Gasteiger partial charge in [-0.25, -0.2) is 0 Å². The van der Waals surface area contributed by atoms with Crippen molar-refractivity contribution in [1.29, 1.82) is 0 Å². The molecule has 0 saturated heterocycles. The summed E-state index contributed by atoms with van der Waals surface area (Å²) < 4.78 is 5.05. The maximum atomic E-state index is 12.5. The molecule has 0 aliphatic carbocycles. The molecule has 0 bridgehead atoms. The maximum Gasteiger partial charge on any atom is 0.317 e. The average Bonchev–Trinajstić information content (AvgIpc) is 2.54. The fourth-order valence-corrected chi connectivity index (χ4v) is 2.65. The fourth-order valence-electron chi connectivity index (χ4n) is 2.65. The standard InChI is InChI=1S/C18H21NO2/c1-14-8-6-7-9-15(14)12-18(13-19,17(20)21-2)16-10-4-3-5-11-16/h3-11H,12-13,19H2,1-2H3. The van der Waals surface area contributed by atoms with Crippen molar-refractivity contribution in [3.63, 3.8) is 0 Å². The molecule has 0 amide bonds. The van der Waals surface area contributed by atoms with Crippen LogP contribution in [0.3, 0.4) is 0 Å². The number of esters is 1. The van der Waals surface area contributed by atoms with Crippen molar-refractivity contribution in [3.8, 4) is 0 Å². The summed E-state index contributed by atoms with van der Waals surface area (Å²) in [7, 11) is 1.41. The van der Waals surface area contributed by atoms with Crippen molar-refractivity contribution in [3.05, 3.63) is 71.3 Å². The van der Waals surface area contributed by atoms with Gasteiger partial charge in [-0.05, 0) is 30.0 Å². The van der Waals surface area contributed by atoms with Crippen LogP contribution in [0.2, 0.25) is 0 Å². The highest BCUT2D eigenvalue weighted by molar-refractivity contribution is 5.84. The van der Waals surface area contributed by atoms with Crippen LogP contribution in [0.5, 0.6) is 0 Å². The van der Waals surface area contributed by atoms with Crippen LogP contribution in [-0.4, -0.2) is 19.6 Å². The highest BCUT2D eigenvalue weighted by atomic mass is 16.5. The molecule has 3 nitrogen and oxygen atoms in total. The molecule has 0 radical (unpaired) electrons. The Hall–Kier alpha value is -2.13. The number of hydrogen-bond acceptors (Lipinski definition) is 3. The second-order valence-corrected chi connectivity index (χ2v) is 5.25. The summed E-state index contributed by atoms with van der Waals surface area (Å²) in [6.07, 6.45) is 0.535. The van der Waals surface area contributed by atoms with Crippen LogP contribution in [0.4, 0.5) is 0 Å². The van der Waals surface area contributed by atoms with Crippen molar-refractivity contribution < 1.29 is 9.53 Å². The van der Waals surface area contributed by atoms with E-state index in [9.17, 15) is 4.79 Å². The Morgan fingerprint density at radius 2 is 1.71 bits per heavy atom. The number of ether oxygens (including phenoxy) is 1. The Balaban J connectivity index is 2.51. The summed E-state index contributed by atoms with van der Waals surface area (Å²) in [6.45, 7) is 2.25. The first kappa shape index (κ1) is 15.3. The molecule has 21 heavy (non-hydrogen) atoms. The molecule has 1 atom stereocenters. The molecule has 0 fully saturated rings. The van der Waals surface area contributed by atoms with Gasteiger partial charge in [0.1, 0.15) is 5.41 Å². The minimum atomic E-state index is -0.845. The van der Waals surface area contributed by atoms with Gasteiger partial charge in [0, 0.05) is 6.54 Å². The van der Waals surface area contributed by atoms with E-state index in [0.29, 0.717) is 6.42 Å². The van der Waals surface area contributed by atoms with Crippen molar-refractivity contribution in [1.82, 2.24) is 0 Å². The quantitative estimate of drug-likeness (QED) is 0.858. The van der Waals surface area contributed by atoms with E-state index >= 15 is 0 Å². The smallest absolute Gasteiger partial charge is 0.317 e. The highest BCUT2D eigenvalue weighted by Crippen LogP contribution is 2.30. The number of hydrogen-bond donors (Lipinski definition) is 1. The van der Waals surface area contributed by atoms with Gasteiger partial charge < -0.3 is 10.5 Å². The molecular formula is C18H21NO2. The molecule has 0 aliphatic rings. The number of carbonyl (C=O) groups excluding carboxylic acids is 1. The summed E-state index contributed by atoms with van der Waals surface area (Å²) in [5.74, 6) is -0.292. The predicted molar refractivity (Wildman–Crippen MR) is 84.1 cm³/mol. The van der Waals surface area contributed by atoms with Gasteiger partial charge in [0.25, 0.3) is 0 Å². The van der Waals surface area contributed by atoms with Crippen molar-refractivity contribution in [2.45, 2.75) is 18.8 Å². The normalized spacial score (nSPS) is 13.5. The van der Waals surface area contributed by atoms with Gasteiger partial charge in [-0.1, -0.05) is 54.6 Å². The molecule has 1 unspecified atom stereocenters. The fraction of sp³-hybridized carbons (Fsp3) is 0.278. The highest BCUT2D eigenvalue weighted by Gasteiger charge is 2.40. The zero-order chi connectivity index (χ0) is 15.3. The second-order valence-electron chi connectivity index (χ2n) is 5.25. The average molecular weight is 283 g/mol. The SMILES string of the molecule is COC(=O)C(CN)(Cc1ccccc1C)c1ccccc1. The zero-order valence-corrected chi connectivity index (χ0v) is 12.5. The van der Waals surface area contributed by atoms with Crippen LogP contribution >= 0.6 is 0 Å². The molecule has 2 N–H and O–H groups in total. The lowest BCUT2D eigenvalue weighted by molar-refractivity contribution is -0.147. The molecule has 0 aromatic heterocycles. The number of rotatable bonds is 5. The van der Waals surface area contributed by atoms with E-state index in [1.54, 1.807) is 0 Å². The molecule has 0 aliphatic heterocycles. The number of aryl methyl sites for hydroxylation is 1. The van der Waals surface area contributed by atoms with E-state index in [4.69, 9.17) is 10.5 Å². The second kappa shape index (κ2) is 6.55. The summed E-state index contributed by atoms with van der Waals surface area (Å²) in [5.41, 5.74) is 8.32. The maximum absolute atomic E-state index is 12.5. The van der Waals surface area contributed by atoms with Crippen LogP contribution in [-0.2, 0) is 21.4 Å². The van der Waals surface area contributed by atoms with Gasteiger partial charge >= 0.3 is 5.97 Å². The molecule has 0 heterocycles. The van der Waals surface area contributed by atoms with Crippen LogP contribution < -0.4 is 5.73 Å². The zero-order valence-electron chi connectivity index (χ0n) is 12.5. The molecule has 2 aromatic rings. The van der Waals surface area contributed by atoms with Gasteiger partial charge in [-0.3, -0.25) is 4.79 Å². The van der Waals surface area contributed by atoms with Crippen LogP contribution in [0, 0.1) is 6.92 Å². The van der Waals surface area contributed by atoms with Crippen LogP contribution in [0.25, 0.3) is 0 Å². The number of methoxy groups -OCH3 is 1. The van der Waals surface area contributed by atoms with E-state index in [0.717, 1.165) is 16.7 Å². The van der Waals surface area contributed by atoms with E-state index in [-0.39, 0.29) is 12.5 Å². The first-order valence-corrected chi connectivity index (χ1v) is 7.02. The third kappa shape index (κ3) is 2.98. The van der Waals surface area contributed by atoms with Gasteiger partial charge in [0.15, 0.2) is 0 Å². The minimum Gasteiger partial charge on any atom is -0.468 e. The molecule has 0 saturated carbocycles. The Morgan fingerprint density at radius 1 is 1.10 bits per heavy atom. The largest absolute Gasteiger partial charge is 0.468 e. The topological polar surface area (TPSA) is 52.3 Å². The lowest BCUT2D eigenvalue weighted by Gasteiger charge is -2.31. The van der Waals surface area contributed by atoms with Crippen LogP contribution in [0.1, 0.15) is 16.7 Å². The Labute approximate surface area is 125 Å². The molecule has 3 heteroatoms. The lowest BCUT2D eigenvalue weighted by atomic mass is 9.75. The van der Waals surface area contributed by atoms with Gasteiger partial charge in [0.05, 0.1) is 7.11 Å². The minimum absolute atomic E-state index is 0.206. The van der Waals surface area contributed by atoms with Crippen molar-refractivity contribution in [2.24, 2.45) is 5.73 Å². The summed E-state index contributed by atoms with van der Waals surface area (Å²) in [4.78, 5) is 12.5. The first-order valence-electron chi connectivity index (χ1n) is 7.02. The van der Waals surface area contributed by atoms with Gasteiger partial charge in [0.2, 0.25) is 0 Å². The third-order valence-electron chi connectivity index (χ3n) is 4.00. The number of carbonyl (C=O) groups is 1. The summed E-state index contributed by atoms with van der Waals surface area (Å²) >= 11 is 0. The Morgan fingerprint density at radius 3 is 2.29 bits per heavy atom. The molecule has 2 rings (SSSR count). The van der Waals surface area contributed by atoms with Crippen LogP contribution in [0.15, 0.2) is 54.6 Å². The van der Waals surface area contributed by atoms with E-state index in [1.165, 1.54) is 7.11 Å². The summed E-state index contributed by atoms with van der Waals surface area (Å²) in [6, 6.07) is 17.7. The van der Waals surface area contributed by atoms with Crippen molar-refractivity contribution >= 4 is 5.97 Å². The molecule has 0 spiro atoms. The van der Waals surface area contributed by atoms with Gasteiger partial charge in [-0.2, -0.15) is 0 Å². The van der Waals surface area contributed by atoms with E-state index < -0.39 is 5.41 Å². The summed E-state index contributed by atoms with van der Waals surface area (Å²) in [5, 5.41) is 0. The molecule has 2 aromatic carbocycles. The predicted octanol–water partition coefficient (Wildman–Crippen LogP) is 2.61. The number of benzene rings is 2. The van der Waals surface area contributed by atoms with E-state index in [1.807, 2.05) is 61.5 Å². The van der Waals surface area contributed by atoms with Gasteiger partial charge in [-0.15, -0.1) is 0 Å². The van der Waals surface area contributed by atoms with E-state index in [2.05, 4.69) is 0 Å². The lowest BCUT2D eigenvalue weighted by Crippen LogP contribution is -2.45. The Bertz CT molecular complexity index is 610. The third-order valence-corrected chi connectivity index (χ3v) is 4.00. The van der Waals surface area contributed by atoms with Crippen molar-refractivity contribution in [2.75, 3.05) is 13.7 Å². The number of nitrogens with two attached hydrogens (primary N) is 1.